The van der Waals surface area contributed by atoms with Gasteiger partial charge in [-0.1, -0.05) is 37.3 Å². The monoisotopic (exact) mass is 177 g/mol. The van der Waals surface area contributed by atoms with Crippen LogP contribution >= 0.6 is 0 Å². The summed E-state index contributed by atoms with van der Waals surface area (Å²) in [5, 5.41) is 0. The van der Waals surface area contributed by atoms with Gasteiger partial charge in [0.25, 0.3) is 0 Å². The van der Waals surface area contributed by atoms with E-state index in [2.05, 4.69) is 63.2 Å². The maximum absolute atomic E-state index is 2.28. The van der Waals surface area contributed by atoms with Crippen molar-refractivity contribution in [2.45, 2.75) is 25.8 Å². The average molecular weight is 177 g/mol. The van der Waals surface area contributed by atoms with E-state index >= 15 is 0 Å². The van der Waals surface area contributed by atoms with Crippen molar-refractivity contribution < 1.29 is 0 Å². The molecule has 0 amide bonds. The van der Waals surface area contributed by atoms with Crippen LogP contribution in [0.25, 0.3) is 0 Å². The van der Waals surface area contributed by atoms with Gasteiger partial charge in [0.2, 0.25) is 0 Å². The highest BCUT2D eigenvalue weighted by atomic mass is 15.1. The van der Waals surface area contributed by atoms with E-state index in [1.165, 1.54) is 5.56 Å². The van der Waals surface area contributed by atoms with E-state index in [9.17, 15) is 0 Å². The molecule has 13 heavy (non-hydrogen) atoms. The van der Waals surface area contributed by atoms with Crippen molar-refractivity contribution in [3.8, 4) is 0 Å². The highest BCUT2D eigenvalue weighted by Gasteiger charge is 2.15. The van der Waals surface area contributed by atoms with Crippen LogP contribution in [0.2, 0.25) is 0 Å². The Hall–Kier alpha value is -0.820. The maximum atomic E-state index is 2.28. The van der Waals surface area contributed by atoms with Gasteiger partial charge >= 0.3 is 0 Å². The molecule has 1 nitrogen and oxygen atoms in total. The van der Waals surface area contributed by atoms with E-state index in [0.717, 1.165) is 0 Å². The van der Waals surface area contributed by atoms with Gasteiger partial charge in [0.05, 0.1) is 0 Å². The lowest BCUT2D eigenvalue weighted by atomic mass is 9.94. The summed E-state index contributed by atoms with van der Waals surface area (Å²) in [5.74, 6) is 0.594. The molecular weight excluding hydrogens is 158 g/mol. The Kier molecular flexibility index (Phi) is 3.49. The van der Waals surface area contributed by atoms with Crippen molar-refractivity contribution >= 4 is 0 Å². The first-order valence-corrected chi connectivity index (χ1v) is 4.84. The Morgan fingerprint density at radius 1 is 1.00 bits per heavy atom. The Morgan fingerprint density at radius 3 is 2.00 bits per heavy atom. The molecule has 0 saturated carbocycles. The van der Waals surface area contributed by atoms with Crippen molar-refractivity contribution in [2.75, 3.05) is 14.1 Å². The summed E-state index contributed by atoms with van der Waals surface area (Å²) in [7, 11) is 4.26. The number of hydrogen-bond acceptors (Lipinski definition) is 1. The van der Waals surface area contributed by atoms with Crippen molar-refractivity contribution in [1.82, 2.24) is 4.90 Å². The second kappa shape index (κ2) is 4.43. The Bertz CT molecular complexity index is 241. The quantitative estimate of drug-likeness (QED) is 0.686. The fraction of sp³-hybridized carbons (Fsp3) is 0.500. The lowest BCUT2D eigenvalue weighted by molar-refractivity contribution is 0.280. The molecule has 0 aromatic heterocycles. The summed E-state index contributed by atoms with van der Waals surface area (Å²) >= 11 is 0. The number of nitrogens with zero attached hydrogens (tertiary/aromatic N) is 1. The minimum absolute atomic E-state index is 0.586. The van der Waals surface area contributed by atoms with Gasteiger partial charge in [-0.25, -0.2) is 0 Å². The second-order valence-corrected chi connectivity index (χ2v) is 3.90. The van der Waals surface area contributed by atoms with Gasteiger partial charge < -0.3 is 4.90 Å². The molecule has 0 aliphatic carbocycles. The fourth-order valence-electron chi connectivity index (χ4n) is 1.48. The number of hydrogen-bond donors (Lipinski definition) is 0. The smallest absolute Gasteiger partial charge is 0.0127 e. The van der Waals surface area contributed by atoms with E-state index in [1.54, 1.807) is 0 Å². The molecule has 0 heterocycles. The van der Waals surface area contributed by atoms with Crippen LogP contribution in [-0.4, -0.2) is 25.0 Å². The fourth-order valence-corrected chi connectivity index (χ4v) is 1.48. The Labute approximate surface area is 81.4 Å². The normalized spacial score (nSPS) is 15.8. The number of rotatable bonds is 3. The third-order valence-corrected chi connectivity index (χ3v) is 2.86. The van der Waals surface area contributed by atoms with Crippen LogP contribution in [0.1, 0.15) is 25.3 Å². The Morgan fingerprint density at radius 2 is 1.54 bits per heavy atom. The topological polar surface area (TPSA) is 3.24 Å². The zero-order valence-electron chi connectivity index (χ0n) is 8.99. The Balaban J connectivity index is 2.73. The summed E-state index contributed by atoms with van der Waals surface area (Å²) in [4.78, 5) is 2.26. The van der Waals surface area contributed by atoms with Gasteiger partial charge in [-0.3, -0.25) is 0 Å². The molecule has 1 rings (SSSR count). The minimum Gasteiger partial charge on any atom is -0.306 e. The van der Waals surface area contributed by atoms with Crippen LogP contribution in [0.15, 0.2) is 30.3 Å². The molecule has 1 aromatic carbocycles. The zero-order chi connectivity index (χ0) is 9.84. The van der Waals surface area contributed by atoms with Gasteiger partial charge in [-0.05, 0) is 32.5 Å². The molecule has 72 valence electrons. The van der Waals surface area contributed by atoms with Crippen LogP contribution in [0.4, 0.5) is 0 Å². The molecule has 0 radical (unpaired) electrons. The van der Waals surface area contributed by atoms with E-state index in [-0.39, 0.29) is 0 Å². The highest BCUT2D eigenvalue weighted by molar-refractivity contribution is 5.20. The van der Waals surface area contributed by atoms with E-state index < -0.39 is 0 Å². The summed E-state index contributed by atoms with van der Waals surface area (Å²) in [6.07, 6.45) is 0. The highest BCUT2D eigenvalue weighted by Crippen LogP contribution is 2.20. The summed E-state index contributed by atoms with van der Waals surface area (Å²) in [6.45, 7) is 4.54. The summed E-state index contributed by atoms with van der Waals surface area (Å²) in [6, 6.07) is 11.3. The molecule has 0 bridgehead atoms. The number of likely N-dealkylation sites (N-methyl/N-ethyl adjacent to an activating group) is 1. The second-order valence-electron chi connectivity index (χ2n) is 3.90. The predicted octanol–water partition coefficient (Wildman–Crippen LogP) is 2.74. The largest absolute Gasteiger partial charge is 0.306 e. The first-order valence-electron chi connectivity index (χ1n) is 4.84. The predicted molar refractivity (Wildman–Crippen MR) is 58.0 cm³/mol. The van der Waals surface area contributed by atoms with Gasteiger partial charge in [-0.15, -0.1) is 0 Å². The molecule has 2 atom stereocenters. The molecule has 0 unspecified atom stereocenters. The molecule has 1 heteroatoms. The molecule has 0 spiro atoms. The molecule has 1 aromatic rings. The molecule has 0 saturated heterocycles. The van der Waals surface area contributed by atoms with Gasteiger partial charge in [0.1, 0.15) is 0 Å². The van der Waals surface area contributed by atoms with E-state index in [4.69, 9.17) is 0 Å². The third-order valence-electron chi connectivity index (χ3n) is 2.86. The van der Waals surface area contributed by atoms with Crippen LogP contribution < -0.4 is 0 Å². The average Bonchev–Trinajstić information content (AvgIpc) is 2.17. The standard InChI is InChI=1S/C12H19N/c1-10(11(2)13(3)4)12-8-6-5-7-9-12/h5-11H,1-4H3/t10-,11+/m0/s1. The van der Waals surface area contributed by atoms with Gasteiger partial charge in [0, 0.05) is 6.04 Å². The van der Waals surface area contributed by atoms with E-state index in [1.807, 2.05) is 0 Å². The van der Waals surface area contributed by atoms with Gasteiger partial charge in [0.15, 0.2) is 0 Å². The minimum atomic E-state index is 0.586. The van der Waals surface area contributed by atoms with Crippen molar-refractivity contribution in [3.63, 3.8) is 0 Å². The lowest BCUT2D eigenvalue weighted by Crippen LogP contribution is -2.29. The van der Waals surface area contributed by atoms with Crippen LogP contribution in [-0.2, 0) is 0 Å². The first-order chi connectivity index (χ1) is 6.13. The summed E-state index contributed by atoms with van der Waals surface area (Å²) in [5.41, 5.74) is 1.42. The molecular formula is C12H19N. The molecule has 0 N–H and O–H groups in total. The van der Waals surface area contributed by atoms with Crippen LogP contribution in [0.3, 0.4) is 0 Å². The van der Waals surface area contributed by atoms with Crippen molar-refractivity contribution in [1.29, 1.82) is 0 Å². The van der Waals surface area contributed by atoms with Gasteiger partial charge in [-0.2, -0.15) is 0 Å². The van der Waals surface area contributed by atoms with E-state index in [0.29, 0.717) is 12.0 Å². The zero-order valence-corrected chi connectivity index (χ0v) is 8.99. The molecule has 0 aliphatic heterocycles. The van der Waals surface area contributed by atoms with Crippen molar-refractivity contribution in [3.05, 3.63) is 35.9 Å². The molecule has 0 aliphatic rings. The van der Waals surface area contributed by atoms with Crippen molar-refractivity contribution in [2.24, 2.45) is 0 Å². The summed E-state index contributed by atoms with van der Waals surface area (Å²) < 4.78 is 0. The SMILES string of the molecule is C[C@H](c1ccccc1)[C@@H](C)N(C)C. The molecule has 0 fully saturated rings. The van der Waals surface area contributed by atoms with Crippen LogP contribution in [0.5, 0.6) is 0 Å². The number of benzene rings is 1. The first kappa shape index (κ1) is 10.3. The van der Waals surface area contributed by atoms with Crippen LogP contribution in [0, 0.1) is 0 Å². The third kappa shape index (κ3) is 2.56. The lowest BCUT2D eigenvalue weighted by Gasteiger charge is -2.26. The maximum Gasteiger partial charge on any atom is 0.0127 e.